The molecule has 0 unspecified atom stereocenters. The molecule has 0 aromatic heterocycles. The minimum Gasteiger partial charge on any atom is -0.469 e. The summed E-state index contributed by atoms with van der Waals surface area (Å²) in [7, 11) is 1.32. The second-order valence-corrected chi connectivity index (χ2v) is 5.71. The Bertz CT molecular complexity index is 412. The average Bonchev–Trinajstić information content (AvgIpc) is 3.10. The van der Waals surface area contributed by atoms with Crippen LogP contribution in [0, 0.1) is 10.8 Å². The first-order valence-electron chi connectivity index (χ1n) is 6.01. The van der Waals surface area contributed by atoms with Crippen molar-refractivity contribution in [3.8, 4) is 0 Å². The van der Waals surface area contributed by atoms with E-state index in [0.717, 1.165) is 4.90 Å². The van der Waals surface area contributed by atoms with Crippen molar-refractivity contribution < 1.29 is 19.1 Å². The van der Waals surface area contributed by atoms with Crippen molar-refractivity contribution in [3.63, 3.8) is 0 Å². The van der Waals surface area contributed by atoms with Crippen molar-refractivity contribution in [3.05, 3.63) is 0 Å². The summed E-state index contributed by atoms with van der Waals surface area (Å²) < 4.78 is 4.73. The van der Waals surface area contributed by atoms with Crippen LogP contribution in [-0.4, -0.2) is 43.0 Å². The fourth-order valence-electron chi connectivity index (χ4n) is 2.17. The molecule has 1 N–H and O–H groups in total. The number of nitrogens with zero attached hydrogens (tertiary/aromatic N) is 1. The number of carbonyl (C=O) groups excluding carboxylic acids is 3. The van der Waals surface area contributed by atoms with Crippen molar-refractivity contribution in [2.24, 2.45) is 10.8 Å². The van der Waals surface area contributed by atoms with Crippen LogP contribution < -0.4 is 5.32 Å². The van der Waals surface area contributed by atoms with Crippen LogP contribution in [0.2, 0.25) is 0 Å². The molecule has 1 saturated heterocycles. The van der Waals surface area contributed by atoms with Crippen LogP contribution in [-0.2, 0) is 14.3 Å². The molecular weight excluding hydrogens is 236 g/mol. The largest absolute Gasteiger partial charge is 0.469 e. The quantitative estimate of drug-likeness (QED) is 0.745. The number of nitrogens with one attached hydrogen (secondary N) is 1. The fourth-order valence-corrected chi connectivity index (χ4v) is 2.17. The minimum atomic E-state index is -0.671. The summed E-state index contributed by atoms with van der Waals surface area (Å²) in [4.78, 5) is 36.7. The maximum atomic E-state index is 12.2. The summed E-state index contributed by atoms with van der Waals surface area (Å²) in [6.45, 7) is 4.00. The first-order valence-corrected chi connectivity index (χ1v) is 6.01. The van der Waals surface area contributed by atoms with Crippen LogP contribution >= 0.6 is 0 Å². The summed E-state index contributed by atoms with van der Waals surface area (Å²) in [5.41, 5.74) is -1.30. The maximum Gasteiger partial charge on any atom is 0.324 e. The van der Waals surface area contributed by atoms with Crippen molar-refractivity contribution in [2.75, 3.05) is 20.2 Å². The standard InChI is InChI=1S/C12H18N2O4/c1-11(2)6-13-10(17)14(8(11)15)7-12(4-5-12)9(16)18-3/h4-7H2,1-3H3,(H,13,17). The number of carbonyl (C=O) groups is 3. The lowest BCUT2D eigenvalue weighted by atomic mass is 9.89. The number of imide groups is 1. The topological polar surface area (TPSA) is 75.7 Å². The van der Waals surface area contributed by atoms with Crippen LogP contribution in [0.5, 0.6) is 0 Å². The normalized spacial score (nSPS) is 24.5. The first-order chi connectivity index (χ1) is 8.32. The van der Waals surface area contributed by atoms with Gasteiger partial charge in [-0.05, 0) is 26.7 Å². The van der Waals surface area contributed by atoms with Gasteiger partial charge in [-0.25, -0.2) is 4.79 Å². The van der Waals surface area contributed by atoms with E-state index in [4.69, 9.17) is 4.74 Å². The molecule has 2 fully saturated rings. The Balaban J connectivity index is 2.15. The molecular formula is C12H18N2O4. The molecule has 1 saturated carbocycles. The van der Waals surface area contributed by atoms with Gasteiger partial charge < -0.3 is 10.1 Å². The average molecular weight is 254 g/mol. The van der Waals surface area contributed by atoms with E-state index in [0.29, 0.717) is 19.4 Å². The Morgan fingerprint density at radius 3 is 2.50 bits per heavy atom. The van der Waals surface area contributed by atoms with Gasteiger partial charge in [0.15, 0.2) is 0 Å². The molecule has 0 aromatic rings. The molecule has 0 radical (unpaired) electrons. The molecule has 18 heavy (non-hydrogen) atoms. The van der Waals surface area contributed by atoms with Gasteiger partial charge in [-0.3, -0.25) is 14.5 Å². The van der Waals surface area contributed by atoms with Crippen molar-refractivity contribution in [1.29, 1.82) is 0 Å². The Kier molecular flexibility index (Phi) is 2.83. The Labute approximate surface area is 106 Å². The number of hydrogen-bond acceptors (Lipinski definition) is 4. The van der Waals surface area contributed by atoms with Gasteiger partial charge in [-0.1, -0.05) is 0 Å². The first kappa shape index (κ1) is 12.9. The molecule has 0 aromatic carbocycles. The second-order valence-electron chi connectivity index (χ2n) is 5.71. The number of rotatable bonds is 3. The van der Waals surface area contributed by atoms with Gasteiger partial charge in [-0.2, -0.15) is 0 Å². The van der Waals surface area contributed by atoms with E-state index in [9.17, 15) is 14.4 Å². The van der Waals surface area contributed by atoms with Gasteiger partial charge in [0.2, 0.25) is 5.91 Å². The molecule has 1 aliphatic carbocycles. The van der Waals surface area contributed by atoms with Crippen molar-refractivity contribution in [2.45, 2.75) is 26.7 Å². The highest BCUT2D eigenvalue weighted by Gasteiger charge is 2.55. The predicted octanol–water partition coefficient (Wildman–Crippen LogP) is 0.518. The van der Waals surface area contributed by atoms with Crippen LogP contribution in [0.3, 0.4) is 0 Å². The van der Waals surface area contributed by atoms with E-state index in [1.165, 1.54) is 7.11 Å². The lowest BCUT2D eigenvalue weighted by Crippen LogP contribution is -2.60. The van der Waals surface area contributed by atoms with Crippen molar-refractivity contribution >= 4 is 17.9 Å². The predicted molar refractivity (Wildman–Crippen MR) is 62.6 cm³/mol. The zero-order valence-corrected chi connectivity index (χ0v) is 10.9. The number of amides is 3. The monoisotopic (exact) mass is 254 g/mol. The van der Waals surface area contributed by atoms with E-state index in [-0.39, 0.29) is 18.4 Å². The van der Waals surface area contributed by atoms with Crippen LogP contribution in [0.4, 0.5) is 4.79 Å². The summed E-state index contributed by atoms with van der Waals surface area (Å²) in [6, 6.07) is -0.422. The molecule has 3 amide bonds. The molecule has 0 bridgehead atoms. The van der Waals surface area contributed by atoms with E-state index < -0.39 is 16.9 Å². The number of esters is 1. The number of hydrogen-bond donors (Lipinski definition) is 1. The van der Waals surface area contributed by atoms with Gasteiger partial charge in [0.1, 0.15) is 0 Å². The lowest BCUT2D eigenvalue weighted by Gasteiger charge is -2.37. The van der Waals surface area contributed by atoms with E-state index in [1.54, 1.807) is 13.8 Å². The molecule has 6 nitrogen and oxygen atoms in total. The van der Waals surface area contributed by atoms with Gasteiger partial charge in [-0.15, -0.1) is 0 Å². The highest BCUT2D eigenvalue weighted by Crippen LogP contribution is 2.47. The molecule has 2 aliphatic rings. The van der Waals surface area contributed by atoms with Crippen LogP contribution in [0.1, 0.15) is 26.7 Å². The molecule has 100 valence electrons. The third-order valence-electron chi connectivity index (χ3n) is 3.68. The summed E-state index contributed by atoms with van der Waals surface area (Å²) in [5, 5.41) is 2.67. The third-order valence-corrected chi connectivity index (χ3v) is 3.68. The molecule has 2 rings (SSSR count). The lowest BCUT2D eigenvalue weighted by molar-refractivity contribution is -0.149. The van der Waals surface area contributed by atoms with Crippen LogP contribution in [0.25, 0.3) is 0 Å². The molecule has 1 heterocycles. The highest BCUT2D eigenvalue weighted by molar-refractivity contribution is 6.00. The summed E-state index contributed by atoms with van der Waals surface area (Å²) in [5.74, 6) is -0.576. The molecule has 6 heteroatoms. The third kappa shape index (κ3) is 1.95. The Hall–Kier alpha value is -1.59. The van der Waals surface area contributed by atoms with Gasteiger partial charge in [0, 0.05) is 13.1 Å². The Morgan fingerprint density at radius 1 is 1.39 bits per heavy atom. The molecule has 0 atom stereocenters. The zero-order valence-electron chi connectivity index (χ0n) is 10.9. The fraction of sp³-hybridized carbons (Fsp3) is 0.750. The van der Waals surface area contributed by atoms with Crippen LogP contribution in [0.15, 0.2) is 0 Å². The number of ether oxygens (including phenoxy) is 1. The van der Waals surface area contributed by atoms with E-state index >= 15 is 0 Å². The number of urea groups is 1. The van der Waals surface area contributed by atoms with Crippen molar-refractivity contribution in [1.82, 2.24) is 10.2 Å². The SMILES string of the molecule is COC(=O)C1(CN2C(=O)NCC(C)(C)C2=O)CC1. The molecule has 0 spiro atoms. The van der Waals surface area contributed by atoms with Gasteiger partial charge in [0.05, 0.1) is 17.9 Å². The smallest absolute Gasteiger partial charge is 0.324 e. The second kappa shape index (κ2) is 3.96. The number of methoxy groups -OCH3 is 1. The zero-order chi connectivity index (χ0) is 13.6. The maximum absolute atomic E-state index is 12.2. The van der Waals surface area contributed by atoms with Gasteiger partial charge in [0.25, 0.3) is 0 Å². The Morgan fingerprint density at radius 2 is 2.00 bits per heavy atom. The highest BCUT2D eigenvalue weighted by atomic mass is 16.5. The van der Waals surface area contributed by atoms with Gasteiger partial charge >= 0.3 is 12.0 Å². The minimum absolute atomic E-state index is 0.119. The summed E-state index contributed by atoms with van der Waals surface area (Å²) in [6.07, 6.45) is 1.33. The van der Waals surface area contributed by atoms with E-state index in [2.05, 4.69) is 5.32 Å². The molecule has 1 aliphatic heterocycles. The van der Waals surface area contributed by atoms with E-state index in [1.807, 2.05) is 0 Å². The summed E-state index contributed by atoms with van der Waals surface area (Å²) >= 11 is 0.